The van der Waals surface area contributed by atoms with E-state index in [1.54, 1.807) is 12.2 Å². The molecule has 6 heteroatoms. The van der Waals surface area contributed by atoms with Crippen LogP contribution in [0.3, 0.4) is 0 Å². The van der Waals surface area contributed by atoms with Crippen LogP contribution < -0.4 is 5.32 Å². The number of nitriles is 1. The van der Waals surface area contributed by atoms with Crippen LogP contribution in [0.15, 0.2) is 30.5 Å². The molecule has 0 bridgehead atoms. The minimum absolute atomic E-state index is 0.0533. The number of aliphatic hydroxyl groups excluding tert-OH is 1. The van der Waals surface area contributed by atoms with Crippen LogP contribution in [0.1, 0.15) is 18.9 Å². The molecule has 0 aliphatic heterocycles. The Labute approximate surface area is 116 Å². The zero-order chi connectivity index (χ0) is 13.9. The molecule has 1 heterocycles. The molecular formula is C13H13ClN4O. The van der Waals surface area contributed by atoms with Gasteiger partial charge in [-0.05, 0) is 18.0 Å². The number of hydrogen-bond donors (Lipinski definition) is 2. The highest BCUT2D eigenvalue weighted by Gasteiger charge is 2.34. The molecule has 19 heavy (non-hydrogen) atoms. The van der Waals surface area contributed by atoms with E-state index in [9.17, 15) is 5.11 Å². The van der Waals surface area contributed by atoms with Gasteiger partial charge in [0, 0.05) is 0 Å². The predicted octanol–water partition coefficient (Wildman–Crippen LogP) is 2.05. The van der Waals surface area contributed by atoms with Crippen molar-refractivity contribution < 1.29 is 5.11 Å². The maximum atomic E-state index is 10.2. The topological polar surface area (TPSA) is 81.8 Å². The number of nitrogens with zero attached hydrogens (tertiary/aromatic N) is 3. The molecule has 1 aromatic rings. The SMILES string of the molecule is CC[C@]1(Nc2nc(Cl)ncc2C#N)C=CC=CC1O. The van der Waals surface area contributed by atoms with Crippen molar-refractivity contribution >= 4 is 17.4 Å². The van der Waals surface area contributed by atoms with Gasteiger partial charge in [0.2, 0.25) is 5.28 Å². The first-order valence-electron chi connectivity index (χ1n) is 5.86. The molecular weight excluding hydrogens is 264 g/mol. The van der Waals surface area contributed by atoms with Crippen molar-refractivity contribution in [3.05, 3.63) is 41.3 Å². The Balaban J connectivity index is 2.39. The minimum Gasteiger partial charge on any atom is -0.386 e. The van der Waals surface area contributed by atoms with Gasteiger partial charge in [-0.15, -0.1) is 0 Å². The Bertz CT molecular complexity index is 578. The van der Waals surface area contributed by atoms with Crippen molar-refractivity contribution in [2.24, 2.45) is 0 Å². The van der Waals surface area contributed by atoms with Gasteiger partial charge < -0.3 is 10.4 Å². The van der Waals surface area contributed by atoms with Crippen molar-refractivity contribution in [1.82, 2.24) is 9.97 Å². The molecule has 1 aromatic heterocycles. The van der Waals surface area contributed by atoms with Gasteiger partial charge in [-0.25, -0.2) is 4.98 Å². The van der Waals surface area contributed by atoms with Crippen molar-refractivity contribution in [1.29, 1.82) is 5.26 Å². The third-order valence-electron chi connectivity index (χ3n) is 3.14. The largest absolute Gasteiger partial charge is 0.386 e. The molecule has 0 fully saturated rings. The molecule has 0 saturated carbocycles. The molecule has 5 nitrogen and oxygen atoms in total. The highest BCUT2D eigenvalue weighted by Crippen LogP contribution is 2.28. The van der Waals surface area contributed by atoms with Crippen LogP contribution in [0.2, 0.25) is 5.28 Å². The van der Waals surface area contributed by atoms with E-state index in [0.29, 0.717) is 12.2 Å². The summed E-state index contributed by atoms with van der Waals surface area (Å²) in [6.07, 6.45) is 8.44. The molecule has 0 aromatic carbocycles. The molecule has 0 amide bonds. The summed E-state index contributed by atoms with van der Waals surface area (Å²) in [5.41, 5.74) is -0.412. The lowest BCUT2D eigenvalue weighted by Crippen LogP contribution is -2.47. The lowest BCUT2D eigenvalue weighted by atomic mass is 9.85. The van der Waals surface area contributed by atoms with Gasteiger partial charge in [-0.1, -0.05) is 31.2 Å². The normalized spacial score (nSPS) is 25.1. The van der Waals surface area contributed by atoms with E-state index >= 15 is 0 Å². The number of hydrogen-bond acceptors (Lipinski definition) is 5. The van der Waals surface area contributed by atoms with Gasteiger partial charge in [-0.3, -0.25) is 0 Å². The minimum atomic E-state index is -0.706. The molecule has 0 radical (unpaired) electrons. The lowest BCUT2D eigenvalue weighted by Gasteiger charge is -2.36. The van der Waals surface area contributed by atoms with Crippen LogP contribution in [0.4, 0.5) is 5.82 Å². The summed E-state index contributed by atoms with van der Waals surface area (Å²) in [5.74, 6) is 0.323. The van der Waals surface area contributed by atoms with E-state index in [2.05, 4.69) is 15.3 Å². The van der Waals surface area contributed by atoms with Gasteiger partial charge in [0.05, 0.1) is 17.8 Å². The van der Waals surface area contributed by atoms with Crippen LogP contribution >= 0.6 is 11.6 Å². The number of anilines is 1. The van der Waals surface area contributed by atoms with Gasteiger partial charge in [0.1, 0.15) is 17.5 Å². The molecule has 1 aliphatic carbocycles. The maximum Gasteiger partial charge on any atom is 0.224 e. The molecule has 1 unspecified atom stereocenters. The number of allylic oxidation sites excluding steroid dienone is 2. The zero-order valence-electron chi connectivity index (χ0n) is 10.3. The summed E-state index contributed by atoms with van der Waals surface area (Å²) < 4.78 is 0. The Hall–Kier alpha value is -1.90. The average molecular weight is 277 g/mol. The van der Waals surface area contributed by atoms with Gasteiger partial charge in [-0.2, -0.15) is 10.2 Å². The second kappa shape index (κ2) is 5.39. The third kappa shape index (κ3) is 2.60. The fourth-order valence-corrected chi connectivity index (χ4v) is 2.09. The molecule has 1 aliphatic rings. The van der Waals surface area contributed by atoms with Crippen molar-refractivity contribution in [3.63, 3.8) is 0 Å². The summed E-state index contributed by atoms with van der Waals surface area (Å²) in [6, 6.07) is 2.00. The summed E-state index contributed by atoms with van der Waals surface area (Å²) in [6.45, 7) is 1.94. The summed E-state index contributed by atoms with van der Waals surface area (Å²) in [5, 5.41) is 22.4. The standard InChI is InChI=1S/C13H13ClN4O/c1-2-13(6-4-3-5-10(13)19)18-11-9(7-15)8-16-12(14)17-11/h3-6,8,10,19H,2H2,1H3,(H,16,17,18)/t10?,13-/m0/s1. The maximum absolute atomic E-state index is 10.2. The van der Waals surface area contributed by atoms with E-state index in [1.165, 1.54) is 6.20 Å². The Morgan fingerprint density at radius 2 is 2.37 bits per heavy atom. The first-order chi connectivity index (χ1) is 9.11. The average Bonchev–Trinajstić information content (AvgIpc) is 2.42. The Kier molecular flexibility index (Phi) is 3.84. The molecule has 2 rings (SSSR count). The summed E-state index contributed by atoms with van der Waals surface area (Å²) >= 11 is 5.75. The molecule has 0 saturated heterocycles. The quantitative estimate of drug-likeness (QED) is 0.826. The van der Waals surface area contributed by atoms with Crippen LogP contribution in [0.25, 0.3) is 0 Å². The van der Waals surface area contributed by atoms with E-state index in [-0.39, 0.29) is 10.8 Å². The number of nitrogens with one attached hydrogen (secondary N) is 1. The summed E-state index contributed by atoms with van der Waals surface area (Å²) in [7, 11) is 0. The van der Waals surface area contributed by atoms with Gasteiger partial charge >= 0.3 is 0 Å². The van der Waals surface area contributed by atoms with Crippen LogP contribution in [-0.4, -0.2) is 26.7 Å². The van der Waals surface area contributed by atoms with E-state index in [1.807, 2.05) is 25.1 Å². The number of rotatable bonds is 3. The number of aromatic nitrogens is 2. The molecule has 2 atom stereocenters. The lowest BCUT2D eigenvalue weighted by molar-refractivity contribution is 0.160. The van der Waals surface area contributed by atoms with Crippen molar-refractivity contribution in [3.8, 4) is 6.07 Å². The highest BCUT2D eigenvalue weighted by molar-refractivity contribution is 6.28. The first kappa shape index (κ1) is 13.5. The Morgan fingerprint density at radius 1 is 1.58 bits per heavy atom. The smallest absolute Gasteiger partial charge is 0.224 e. The number of aliphatic hydroxyl groups is 1. The molecule has 2 N–H and O–H groups in total. The van der Waals surface area contributed by atoms with Crippen LogP contribution in [-0.2, 0) is 0 Å². The zero-order valence-corrected chi connectivity index (χ0v) is 11.1. The third-order valence-corrected chi connectivity index (χ3v) is 3.32. The molecule has 98 valence electrons. The second-order valence-electron chi connectivity index (χ2n) is 4.22. The van der Waals surface area contributed by atoms with E-state index in [4.69, 9.17) is 16.9 Å². The predicted molar refractivity (Wildman–Crippen MR) is 72.7 cm³/mol. The van der Waals surface area contributed by atoms with Crippen LogP contribution in [0, 0.1) is 11.3 Å². The fraction of sp³-hybridized carbons (Fsp3) is 0.308. The van der Waals surface area contributed by atoms with E-state index < -0.39 is 11.6 Å². The number of halogens is 1. The monoisotopic (exact) mass is 276 g/mol. The van der Waals surface area contributed by atoms with Gasteiger partial charge in [0.15, 0.2) is 0 Å². The van der Waals surface area contributed by atoms with Crippen molar-refractivity contribution in [2.75, 3.05) is 5.32 Å². The van der Waals surface area contributed by atoms with E-state index in [0.717, 1.165) is 0 Å². The van der Waals surface area contributed by atoms with Gasteiger partial charge in [0.25, 0.3) is 0 Å². The Morgan fingerprint density at radius 3 is 3.00 bits per heavy atom. The first-order valence-corrected chi connectivity index (χ1v) is 6.24. The molecule has 0 spiro atoms. The fourth-order valence-electron chi connectivity index (χ4n) is 1.96. The van der Waals surface area contributed by atoms with Crippen LogP contribution in [0.5, 0.6) is 0 Å². The van der Waals surface area contributed by atoms with Crippen molar-refractivity contribution in [2.45, 2.75) is 25.0 Å². The second-order valence-corrected chi connectivity index (χ2v) is 4.56. The summed E-state index contributed by atoms with van der Waals surface area (Å²) in [4.78, 5) is 7.79. The highest BCUT2D eigenvalue weighted by atomic mass is 35.5.